The molecule has 0 saturated carbocycles. The average Bonchev–Trinajstić information content (AvgIpc) is 2.56. The van der Waals surface area contributed by atoms with Gasteiger partial charge in [-0.25, -0.2) is 0 Å². The van der Waals surface area contributed by atoms with Crippen molar-refractivity contribution in [3.8, 4) is 11.3 Å². The number of aromatic nitrogens is 2. The van der Waals surface area contributed by atoms with Gasteiger partial charge in [0.15, 0.2) is 0 Å². The summed E-state index contributed by atoms with van der Waals surface area (Å²) in [5.74, 6) is 1.20. The van der Waals surface area contributed by atoms with Crippen molar-refractivity contribution in [1.82, 2.24) is 9.78 Å². The normalized spacial score (nSPS) is 14.8. The fraction of sp³-hybridized carbons (Fsp3) is 0.357. The molecule has 0 spiro atoms. The van der Waals surface area contributed by atoms with Gasteiger partial charge in [-0.1, -0.05) is 18.2 Å². The zero-order valence-electron chi connectivity index (χ0n) is 10.4. The van der Waals surface area contributed by atoms with Gasteiger partial charge in [-0.05, 0) is 47.9 Å². The van der Waals surface area contributed by atoms with Crippen LogP contribution in [0, 0.1) is 3.57 Å². The van der Waals surface area contributed by atoms with Gasteiger partial charge >= 0.3 is 0 Å². The lowest BCUT2D eigenvalue weighted by molar-refractivity contribution is 0.757. The maximum absolute atomic E-state index is 4.71. The van der Waals surface area contributed by atoms with Crippen LogP contribution in [-0.4, -0.2) is 16.3 Å². The van der Waals surface area contributed by atoms with E-state index in [9.17, 15) is 0 Å². The van der Waals surface area contributed by atoms with Gasteiger partial charge in [0.05, 0.1) is 5.69 Å². The summed E-state index contributed by atoms with van der Waals surface area (Å²) >= 11 is 2.39. The number of fused-ring (bicyclic) bond motifs is 1. The smallest absolute Gasteiger partial charge is 0.127 e. The van der Waals surface area contributed by atoms with Gasteiger partial charge in [0, 0.05) is 28.3 Å². The van der Waals surface area contributed by atoms with Gasteiger partial charge in [0.2, 0.25) is 0 Å². The summed E-state index contributed by atoms with van der Waals surface area (Å²) in [7, 11) is 2.02. The van der Waals surface area contributed by atoms with Crippen LogP contribution < -0.4 is 5.32 Å². The van der Waals surface area contributed by atoms with E-state index in [1.54, 1.807) is 0 Å². The largest absolute Gasteiger partial charge is 0.370 e. The number of anilines is 1. The number of nitrogens with one attached hydrogen (secondary N) is 1. The van der Waals surface area contributed by atoms with Gasteiger partial charge in [-0.2, -0.15) is 5.10 Å². The third kappa shape index (κ3) is 2.02. The Bertz CT molecular complexity index is 574. The fourth-order valence-corrected chi connectivity index (χ4v) is 3.17. The Hall–Kier alpha value is -1.04. The van der Waals surface area contributed by atoms with Crippen molar-refractivity contribution < 1.29 is 0 Å². The highest BCUT2D eigenvalue weighted by molar-refractivity contribution is 14.1. The van der Waals surface area contributed by atoms with Gasteiger partial charge in [-0.3, -0.25) is 4.68 Å². The van der Waals surface area contributed by atoms with Crippen molar-refractivity contribution in [2.75, 3.05) is 11.9 Å². The summed E-state index contributed by atoms with van der Waals surface area (Å²) in [5.41, 5.74) is 3.77. The average molecular weight is 353 g/mol. The molecule has 1 N–H and O–H groups in total. The molecule has 3 rings (SSSR count). The molecule has 0 fully saturated rings. The molecule has 1 aromatic heterocycles. The Morgan fingerprint density at radius 1 is 1.28 bits per heavy atom. The van der Waals surface area contributed by atoms with Crippen LogP contribution in [0.4, 0.5) is 5.82 Å². The lowest BCUT2D eigenvalue weighted by atomic mass is 10.0. The summed E-state index contributed by atoms with van der Waals surface area (Å²) in [4.78, 5) is 0. The van der Waals surface area contributed by atoms with Crippen LogP contribution in [0.3, 0.4) is 0 Å². The molecule has 94 valence electrons. The van der Waals surface area contributed by atoms with E-state index in [0.717, 1.165) is 18.7 Å². The van der Waals surface area contributed by atoms with E-state index in [1.807, 2.05) is 11.7 Å². The minimum atomic E-state index is 1.05. The second-order valence-electron chi connectivity index (χ2n) is 4.66. The minimum absolute atomic E-state index is 1.05. The summed E-state index contributed by atoms with van der Waals surface area (Å²) in [6.45, 7) is 1.05. The first-order valence-electron chi connectivity index (χ1n) is 6.32. The van der Waals surface area contributed by atoms with E-state index < -0.39 is 0 Å². The molecule has 4 heteroatoms. The van der Waals surface area contributed by atoms with Crippen LogP contribution in [0.15, 0.2) is 24.3 Å². The summed E-state index contributed by atoms with van der Waals surface area (Å²) < 4.78 is 3.25. The zero-order valence-corrected chi connectivity index (χ0v) is 12.6. The van der Waals surface area contributed by atoms with E-state index in [1.165, 1.54) is 33.4 Å². The lowest BCUT2D eigenvalue weighted by Gasteiger charge is -2.04. The number of nitrogens with zero attached hydrogens (tertiary/aromatic N) is 2. The molecular weight excluding hydrogens is 337 g/mol. The number of aryl methyl sites for hydroxylation is 1. The SMILES string of the molecule is Cn1nc(-c2ccccc2I)c2c1NCCCC2. The Morgan fingerprint density at radius 3 is 2.94 bits per heavy atom. The van der Waals surface area contributed by atoms with Crippen molar-refractivity contribution >= 4 is 28.4 Å². The molecule has 1 aromatic carbocycles. The molecule has 0 saturated heterocycles. The van der Waals surface area contributed by atoms with E-state index in [0.29, 0.717) is 0 Å². The maximum Gasteiger partial charge on any atom is 0.127 e. The fourth-order valence-electron chi connectivity index (χ4n) is 2.53. The summed E-state index contributed by atoms with van der Waals surface area (Å²) in [6.07, 6.45) is 3.60. The molecule has 2 aromatic rings. The highest BCUT2D eigenvalue weighted by atomic mass is 127. The number of benzene rings is 1. The topological polar surface area (TPSA) is 29.9 Å². The molecule has 1 aliphatic heterocycles. The standard InChI is InChI=1S/C14H16IN3/c1-18-14-11(7-4-5-9-16-14)13(17-18)10-6-2-3-8-12(10)15/h2-3,6,8,16H,4-5,7,9H2,1H3. The van der Waals surface area contributed by atoms with Gasteiger partial charge in [0.25, 0.3) is 0 Å². The Kier molecular flexibility index (Phi) is 3.28. The highest BCUT2D eigenvalue weighted by Crippen LogP contribution is 2.33. The molecule has 0 atom stereocenters. The number of hydrogen-bond acceptors (Lipinski definition) is 2. The number of hydrogen-bond donors (Lipinski definition) is 1. The molecule has 1 aliphatic rings. The molecule has 0 unspecified atom stereocenters. The minimum Gasteiger partial charge on any atom is -0.370 e. The summed E-state index contributed by atoms with van der Waals surface area (Å²) in [5, 5.41) is 8.22. The lowest BCUT2D eigenvalue weighted by Crippen LogP contribution is -2.04. The van der Waals surface area contributed by atoms with Crippen LogP contribution in [-0.2, 0) is 13.5 Å². The Morgan fingerprint density at radius 2 is 2.11 bits per heavy atom. The van der Waals surface area contributed by atoms with Crippen molar-refractivity contribution in [1.29, 1.82) is 0 Å². The first-order valence-corrected chi connectivity index (χ1v) is 7.40. The first kappa shape index (κ1) is 12.0. The molecule has 0 aliphatic carbocycles. The number of rotatable bonds is 1. The van der Waals surface area contributed by atoms with Crippen LogP contribution in [0.2, 0.25) is 0 Å². The van der Waals surface area contributed by atoms with E-state index in [-0.39, 0.29) is 0 Å². The van der Waals surface area contributed by atoms with E-state index in [2.05, 4.69) is 52.2 Å². The van der Waals surface area contributed by atoms with Crippen LogP contribution >= 0.6 is 22.6 Å². The van der Waals surface area contributed by atoms with E-state index in [4.69, 9.17) is 5.10 Å². The Labute approximate surface area is 121 Å². The van der Waals surface area contributed by atoms with Crippen molar-refractivity contribution in [2.45, 2.75) is 19.3 Å². The van der Waals surface area contributed by atoms with E-state index >= 15 is 0 Å². The quantitative estimate of drug-likeness (QED) is 0.796. The number of halogens is 1. The van der Waals surface area contributed by atoms with Crippen molar-refractivity contribution in [2.24, 2.45) is 7.05 Å². The monoisotopic (exact) mass is 353 g/mol. The van der Waals surface area contributed by atoms with Gasteiger partial charge in [-0.15, -0.1) is 0 Å². The highest BCUT2D eigenvalue weighted by Gasteiger charge is 2.20. The molecule has 18 heavy (non-hydrogen) atoms. The predicted molar refractivity (Wildman–Crippen MR) is 82.8 cm³/mol. The molecule has 0 bridgehead atoms. The second-order valence-corrected chi connectivity index (χ2v) is 5.83. The molecule has 2 heterocycles. The van der Waals surface area contributed by atoms with Gasteiger partial charge in [0.1, 0.15) is 5.82 Å². The maximum atomic E-state index is 4.71. The molecule has 0 amide bonds. The third-order valence-electron chi connectivity index (χ3n) is 3.42. The zero-order chi connectivity index (χ0) is 12.5. The Balaban J connectivity index is 2.16. The second kappa shape index (κ2) is 4.91. The van der Waals surface area contributed by atoms with Gasteiger partial charge < -0.3 is 5.32 Å². The van der Waals surface area contributed by atoms with Crippen LogP contribution in [0.5, 0.6) is 0 Å². The van der Waals surface area contributed by atoms with Crippen molar-refractivity contribution in [3.63, 3.8) is 0 Å². The van der Waals surface area contributed by atoms with Crippen LogP contribution in [0.1, 0.15) is 18.4 Å². The molecule has 0 radical (unpaired) electrons. The molecule has 3 nitrogen and oxygen atoms in total. The van der Waals surface area contributed by atoms with Crippen molar-refractivity contribution in [3.05, 3.63) is 33.4 Å². The summed E-state index contributed by atoms with van der Waals surface area (Å²) in [6, 6.07) is 8.46. The molecular formula is C14H16IN3. The third-order valence-corrected chi connectivity index (χ3v) is 4.36. The van der Waals surface area contributed by atoms with Crippen LogP contribution in [0.25, 0.3) is 11.3 Å². The predicted octanol–water partition coefficient (Wildman–Crippen LogP) is 3.44. The first-order chi connectivity index (χ1) is 8.77.